The normalized spacial score (nSPS) is 12.7. The molecule has 234 valence electrons. The minimum Gasteiger partial charge on any atom is -0.467 e. The second-order valence-electron chi connectivity index (χ2n) is 8.79. The average Bonchev–Trinajstić information content (AvgIpc) is 3.01. The Kier molecular flexibility index (Phi) is 17.7. The smallest absolute Gasteiger partial charge is 0.328 e. The molecule has 0 aliphatic rings. The number of hydrogen-bond acceptors (Lipinski definition) is 12. The van der Waals surface area contributed by atoms with Gasteiger partial charge in [-0.15, -0.1) is 0 Å². The second-order valence-corrected chi connectivity index (χ2v) is 11.7. The van der Waals surface area contributed by atoms with Crippen LogP contribution in [0.3, 0.4) is 0 Å². The molecule has 12 nitrogen and oxygen atoms in total. The van der Waals surface area contributed by atoms with Crippen molar-refractivity contribution in [3.63, 3.8) is 0 Å². The predicted octanol–water partition coefficient (Wildman–Crippen LogP) is 1.76. The van der Waals surface area contributed by atoms with E-state index in [9.17, 15) is 28.8 Å². The van der Waals surface area contributed by atoms with Crippen molar-refractivity contribution >= 4 is 70.9 Å². The Hall–Kier alpha value is -2.91. The summed E-state index contributed by atoms with van der Waals surface area (Å²) in [6.07, 6.45) is 6.43. The van der Waals surface area contributed by atoms with Gasteiger partial charge < -0.3 is 30.2 Å². The van der Waals surface area contributed by atoms with E-state index in [2.05, 4.69) is 16.0 Å². The van der Waals surface area contributed by atoms with Crippen LogP contribution < -0.4 is 16.0 Å². The van der Waals surface area contributed by atoms with Gasteiger partial charge in [-0.25, -0.2) is 14.4 Å². The first-order chi connectivity index (χ1) is 20.1. The van der Waals surface area contributed by atoms with Crippen molar-refractivity contribution in [2.24, 2.45) is 0 Å². The van der Waals surface area contributed by atoms with Crippen LogP contribution in [0, 0.1) is 0 Å². The van der Waals surface area contributed by atoms with Crippen LogP contribution in [0.2, 0.25) is 0 Å². The third kappa shape index (κ3) is 12.1. The van der Waals surface area contributed by atoms with E-state index in [1.165, 1.54) is 74.8 Å². The summed E-state index contributed by atoms with van der Waals surface area (Å²) in [7, 11) is 3.62. The van der Waals surface area contributed by atoms with Crippen LogP contribution in [0.1, 0.15) is 50.3 Å². The van der Waals surface area contributed by atoms with Gasteiger partial charge in [-0.05, 0) is 73.5 Å². The zero-order chi connectivity index (χ0) is 31.7. The molecule has 0 heterocycles. The van der Waals surface area contributed by atoms with E-state index in [4.69, 9.17) is 14.2 Å². The number of ether oxygens (including phenoxy) is 3. The van der Waals surface area contributed by atoms with Gasteiger partial charge in [-0.2, -0.15) is 35.3 Å². The third-order valence-corrected chi connectivity index (χ3v) is 7.86. The average molecular weight is 646 g/mol. The van der Waals surface area contributed by atoms with Crippen molar-refractivity contribution in [1.82, 2.24) is 16.0 Å². The topological polar surface area (TPSA) is 166 Å². The molecule has 0 unspecified atom stereocenters. The Labute approximate surface area is 258 Å². The van der Waals surface area contributed by atoms with Gasteiger partial charge in [0.15, 0.2) is 0 Å². The summed E-state index contributed by atoms with van der Waals surface area (Å²) in [6, 6.07) is 0.858. The van der Waals surface area contributed by atoms with Crippen LogP contribution in [0.25, 0.3) is 0 Å². The molecule has 0 saturated heterocycles. The van der Waals surface area contributed by atoms with Crippen molar-refractivity contribution in [3.05, 3.63) is 34.9 Å². The number of benzene rings is 1. The molecule has 3 N–H and O–H groups in total. The van der Waals surface area contributed by atoms with Gasteiger partial charge in [0.1, 0.15) is 18.1 Å². The van der Waals surface area contributed by atoms with E-state index in [1.807, 2.05) is 18.8 Å². The molecule has 0 spiro atoms. The summed E-state index contributed by atoms with van der Waals surface area (Å²) in [5.74, 6) is -2.43. The van der Waals surface area contributed by atoms with Gasteiger partial charge in [0.25, 0.3) is 17.7 Å². The highest BCUT2D eigenvalue weighted by Gasteiger charge is 2.27. The summed E-state index contributed by atoms with van der Waals surface area (Å²) in [4.78, 5) is 76.7. The molecule has 0 aromatic heterocycles. The van der Waals surface area contributed by atoms with Crippen LogP contribution >= 0.6 is 35.3 Å². The first-order valence-electron chi connectivity index (χ1n) is 12.8. The van der Waals surface area contributed by atoms with Crippen LogP contribution in [-0.2, 0) is 28.6 Å². The summed E-state index contributed by atoms with van der Waals surface area (Å²) in [5.41, 5.74) is -0.282. The molecule has 3 atom stereocenters. The lowest BCUT2D eigenvalue weighted by atomic mass is 10.0. The summed E-state index contributed by atoms with van der Waals surface area (Å²) in [6.45, 7) is 0. The van der Waals surface area contributed by atoms with E-state index in [0.29, 0.717) is 36.5 Å². The Balaban J connectivity index is 3.50. The monoisotopic (exact) mass is 645 g/mol. The molecule has 0 saturated carbocycles. The van der Waals surface area contributed by atoms with Crippen LogP contribution in [0.5, 0.6) is 0 Å². The fraction of sp³-hybridized carbons (Fsp3) is 0.556. The molecule has 0 fully saturated rings. The fourth-order valence-electron chi connectivity index (χ4n) is 3.63. The van der Waals surface area contributed by atoms with Crippen LogP contribution in [0.4, 0.5) is 0 Å². The first kappa shape index (κ1) is 37.1. The Bertz CT molecular complexity index is 958. The van der Waals surface area contributed by atoms with Crippen molar-refractivity contribution in [2.45, 2.75) is 37.4 Å². The minimum absolute atomic E-state index is 0.0941. The number of carbonyl (C=O) groups is 6. The lowest BCUT2D eigenvalue weighted by Gasteiger charge is -2.19. The van der Waals surface area contributed by atoms with Gasteiger partial charge in [0.2, 0.25) is 0 Å². The predicted molar refractivity (Wildman–Crippen MR) is 165 cm³/mol. The number of amides is 3. The molecule has 0 bridgehead atoms. The van der Waals surface area contributed by atoms with Gasteiger partial charge in [0, 0.05) is 16.7 Å². The van der Waals surface area contributed by atoms with Crippen molar-refractivity contribution in [3.8, 4) is 0 Å². The highest BCUT2D eigenvalue weighted by Crippen LogP contribution is 2.15. The molecule has 3 amide bonds. The highest BCUT2D eigenvalue weighted by molar-refractivity contribution is 7.98. The molecular formula is C27H39N3O9S3. The molecular weight excluding hydrogens is 607 g/mol. The number of thioether (sulfide) groups is 3. The molecule has 0 aliphatic carbocycles. The Morgan fingerprint density at radius 1 is 0.548 bits per heavy atom. The minimum atomic E-state index is -0.963. The van der Waals surface area contributed by atoms with Crippen LogP contribution in [0.15, 0.2) is 18.2 Å². The number of esters is 3. The van der Waals surface area contributed by atoms with E-state index in [1.54, 1.807) is 0 Å². The maximum absolute atomic E-state index is 13.3. The molecule has 15 heteroatoms. The lowest BCUT2D eigenvalue weighted by molar-refractivity contribution is -0.143. The molecule has 1 rings (SSSR count). The number of methoxy groups -OCH3 is 3. The molecule has 42 heavy (non-hydrogen) atoms. The van der Waals surface area contributed by atoms with E-state index in [0.717, 1.165) is 0 Å². The van der Waals surface area contributed by atoms with Gasteiger partial charge in [0.05, 0.1) is 21.3 Å². The number of nitrogens with one attached hydrogen (secondary N) is 3. The number of rotatable bonds is 18. The van der Waals surface area contributed by atoms with Gasteiger partial charge in [-0.1, -0.05) is 0 Å². The van der Waals surface area contributed by atoms with Gasteiger partial charge >= 0.3 is 17.9 Å². The third-order valence-electron chi connectivity index (χ3n) is 5.92. The van der Waals surface area contributed by atoms with E-state index in [-0.39, 0.29) is 16.7 Å². The van der Waals surface area contributed by atoms with E-state index >= 15 is 0 Å². The largest absolute Gasteiger partial charge is 0.467 e. The zero-order valence-electron chi connectivity index (χ0n) is 24.6. The van der Waals surface area contributed by atoms with Crippen LogP contribution in [-0.4, -0.2) is 111 Å². The first-order valence-corrected chi connectivity index (χ1v) is 17.0. The maximum Gasteiger partial charge on any atom is 0.328 e. The van der Waals surface area contributed by atoms with Crippen molar-refractivity contribution in [2.75, 3.05) is 57.4 Å². The summed E-state index contributed by atoms with van der Waals surface area (Å²) < 4.78 is 14.4. The molecule has 1 aromatic carbocycles. The van der Waals surface area contributed by atoms with Crippen molar-refractivity contribution in [1.29, 1.82) is 0 Å². The van der Waals surface area contributed by atoms with Crippen molar-refractivity contribution < 1.29 is 43.0 Å². The molecule has 0 radical (unpaired) electrons. The molecule has 0 aliphatic heterocycles. The number of carbonyl (C=O) groups excluding carboxylic acids is 6. The summed E-state index contributed by atoms with van der Waals surface area (Å²) in [5, 5.41) is 7.80. The van der Waals surface area contributed by atoms with Gasteiger partial charge in [-0.3, -0.25) is 14.4 Å². The standard InChI is InChI=1S/C27H39N3O9S3/c1-37-25(34)19(7-10-40-4)28-22(31)16-13-17(23(32)29-20(8-11-41-5)26(35)38-2)15-18(14-16)24(33)30-21(9-12-42-6)27(36)39-3/h13-15,19-21H,7-12H2,1-6H3,(H,28,31)(H,29,32)(H,30,33)/t19-,20-,21-/m1/s1. The number of hydrogen-bond donors (Lipinski definition) is 3. The second kappa shape index (κ2) is 20.1. The summed E-state index contributed by atoms with van der Waals surface area (Å²) >= 11 is 4.44. The fourth-order valence-corrected chi connectivity index (χ4v) is 5.04. The lowest BCUT2D eigenvalue weighted by Crippen LogP contribution is -2.43. The molecule has 1 aromatic rings. The highest BCUT2D eigenvalue weighted by atomic mass is 32.2. The Morgan fingerprint density at radius 3 is 0.976 bits per heavy atom. The quantitative estimate of drug-likeness (QED) is 0.157. The SMILES string of the molecule is COC(=O)[C@@H](CCSC)NC(=O)c1cc(C(=O)N[C@H](CCSC)C(=O)OC)cc(C(=O)N[C@H](CCSC)C(=O)OC)c1. The van der Waals surface area contributed by atoms with E-state index < -0.39 is 53.8 Å². The Morgan fingerprint density at radius 2 is 0.786 bits per heavy atom. The zero-order valence-corrected chi connectivity index (χ0v) is 27.1. The maximum atomic E-state index is 13.3.